The predicted octanol–water partition coefficient (Wildman–Crippen LogP) is 0.157. The number of ether oxygens (including phenoxy) is 13. The molecule has 2 aromatic carbocycles. The van der Waals surface area contributed by atoms with Gasteiger partial charge in [-0.1, -0.05) is 36.4 Å². The van der Waals surface area contributed by atoms with E-state index in [1.165, 1.54) is 11.1 Å². The topological polar surface area (TPSA) is 217 Å². The van der Waals surface area contributed by atoms with Crippen molar-refractivity contribution < 1.29 is 134 Å². The van der Waals surface area contributed by atoms with Crippen LogP contribution in [0.1, 0.15) is 49.9 Å². The van der Waals surface area contributed by atoms with Gasteiger partial charge in [-0.2, -0.15) is 0 Å². The van der Waals surface area contributed by atoms with Gasteiger partial charge < -0.3 is 82.4 Å². The standard InChI is InChI=1S/C26H46O10.C12H14O2.C7H16O4.K.H2O/c1-25(27,21-35-18-16-33-14-12-31-10-8-29-3)23-6-5-7-24(20-23)26(2,28)22-36-19-17-34-15-13-32-11-9-30-4;1-11(7-13-11)9-4-3-5-10(6-9)12(2)8-14-12;1-9-4-5-11-7-6-10-3-2-8;;/h5-7,20,27-28H,8-19,21-22H2,1-4H3;3-6H,7-8H2,1-2H3;8H,2-7H2,1H3;;1H2/q;;;+1;/p-1. The molecule has 0 aliphatic carbocycles. The second-order valence-corrected chi connectivity index (χ2v) is 15.2. The van der Waals surface area contributed by atoms with Gasteiger partial charge in [0.1, 0.15) is 22.4 Å². The number of epoxide rings is 2. The Morgan fingerprint density at radius 2 is 0.778 bits per heavy atom. The molecular formula is C45H77KO17. The van der Waals surface area contributed by atoms with Gasteiger partial charge in [-0.05, 0) is 62.1 Å². The van der Waals surface area contributed by atoms with Crippen molar-refractivity contribution in [1.29, 1.82) is 0 Å². The van der Waals surface area contributed by atoms with Crippen LogP contribution in [0, 0.1) is 0 Å². The van der Waals surface area contributed by atoms with Crippen molar-refractivity contribution in [3.8, 4) is 0 Å². The third kappa shape index (κ3) is 28.4. The minimum absolute atomic E-state index is 0. The molecule has 0 saturated carbocycles. The molecule has 2 heterocycles. The van der Waals surface area contributed by atoms with E-state index in [4.69, 9.17) is 66.7 Å². The first-order valence-electron chi connectivity index (χ1n) is 21.0. The van der Waals surface area contributed by atoms with Gasteiger partial charge >= 0.3 is 51.4 Å². The number of aliphatic hydroxyl groups excluding tert-OH is 1. The third-order valence-corrected chi connectivity index (χ3v) is 9.50. The summed E-state index contributed by atoms with van der Waals surface area (Å²) in [6.45, 7) is 17.9. The van der Waals surface area contributed by atoms with Gasteiger partial charge in [-0.15, -0.1) is 0 Å². The van der Waals surface area contributed by atoms with Crippen LogP contribution in [0.15, 0.2) is 48.5 Å². The number of benzene rings is 2. The second kappa shape index (κ2) is 36.4. The number of hydrogen-bond donors (Lipinski definition) is 3. The molecule has 0 amide bonds. The minimum atomic E-state index is -1.23. The summed E-state index contributed by atoms with van der Waals surface area (Å²) in [7, 11) is 4.89. The molecule has 0 aromatic heterocycles. The number of hydrogen-bond acceptors (Lipinski definition) is 17. The largest absolute Gasteiger partial charge is 1.00 e. The van der Waals surface area contributed by atoms with Crippen molar-refractivity contribution in [2.75, 3.05) is 167 Å². The van der Waals surface area contributed by atoms with Gasteiger partial charge in [0.15, 0.2) is 0 Å². The van der Waals surface area contributed by atoms with Gasteiger partial charge in [-0.3, -0.25) is 0 Å². The van der Waals surface area contributed by atoms with E-state index in [0.29, 0.717) is 123 Å². The van der Waals surface area contributed by atoms with Crippen LogP contribution < -0.4 is 51.4 Å². The SMILES string of the molecule is CC1(c2cccc(C3(C)CO3)c2)CO1.COCCOCCOCCO.COCCOCCOCCOCC(C)(O)c1cccc(C(C)(O)COCCOCCOCCOC)c1.[K+].[OH-]. The molecule has 2 fully saturated rings. The van der Waals surface area contributed by atoms with Crippen molar-refractivity contribution >= 4 is 0 Å². The van der Waals surface area contributed by atoms with E-state index in [1.54, 1.807) is 59.4 Å². The van der Waals surface area contributed by atoms with E-state index in [9.17, 15) is 10.2 Å². The molecule has 17 nitrogen and oxygen atoms in total. The summed E-state index contributed by atoms with van der Waals surface area (Å²) in [5.41, 5.74) is 1.32. The van der Waals surface area contributed by atoms with Crippen LogP contribution >= 0.6 is 0 Å². The van der Waals surface area contributed by atoms with E-state index < -0.39 is 11.2 Å². The molecule has 0 bridgehead atoms. The molecule has 63 heavy (non-hydrogen) atoms. The summed E-state index contributed by atoms with van der Waals surface area (Å²) in [5, 5.41) is 30.2. The van der Waals surface area contributed by atoms with Crippen molar-refractivity contribution in [1.82, 2.24) is 0 Å². The summed E-state index contributed by atoms with van der Waals surface area (Å²) in [4.78, 5) is 0. The van der Waals surface area contributed by atoms with Gasteiger partial charge in [0.2, 0.25) is 0 Å². The first-order chi connectivity index (χ1) is 29.4. The van der Waals surface area contributed by atoms with Crippen molar-refractivity contribution in [2.24, 2.45) is 0 Å². The van der Waals surface area contributed by atoms with Gasteiger partial charge in [0, 0.05) is 21.3 Å². The van der Waals surface area contributed by atoms with E-state index in [2.05, 4.69) is 38.1 Å². The fourth-order valence-electron chi connectivity index (χ4n) is 5.32. The third-order valence-electron chi connectivity index (χ3n) is 9.50. The van der Waals surface area contributed by atoms with Gasteiger partial charge in [-0.25, -0.2) is 0 Å². The molecule has 2 aromatic rings. The Morgan fingerprint density at radius 3 is 1.08 bits per heavy atom. The first kappa shape index (κ1) is 62.4. The van der Waals surface area contributed by atoms with Gasteiger partial charge in [0.25, 0.3) is 0 Å². The Kier molecular flexibility index (Phi) is 36.1. The van der Waals surface area contributed by atoms with Crippen molar-refractivity contribution in [3.05, 3.63) is 70.8 Å². The zero-order valence-electron chi connectivity index (χ0n) is 39.3. The Labute approximate surface area is 418 Å². The number of aliphatic hydroxyl groups is 3. The van der Waals surface area contributed by atoms with Gasteiger partial charge in [0.05, 0.1) is 145 Å². The average molecular weight is 929 g/mol. The molecule has 360 valence electrons. The van der Waals surface area contributed by atoms with Crippen LogP contribution in [-0.4, -0.2) is 187 Å². The maximum atomic E-state index is 10.9. The van der Waals surface area contributed by atoms with Crippen molar-refractivity contribution in [2.45, 2.75) is 50.1 Å². The molecular weight excluding hydrogens is 852 g/mol. The van der Waals surface area contributed by atoms with Crippen LogP contribution in [-0.2, 0) is 84.0 Å². The molecule has 4 unspecified atom stereocenters. The van der Waals surface area contributed by atoms with Crippen LogP contribution in [0.2, 0.25) is 0 Å². The zero-order valence-corrected chi connectivity index (χ0v) is 42.4. The molecule has 4 N–H and O–H groups in total. The molecule has 2 aliphatic heterocycles. The monoisotopic (exact) mass is 928 g/mol. The van der Waals surface area contributed by atoms with E-state index in [-0.39, 0.29) is 87.9 Å². The Bertz CT molecular complexity index is 1280. The minimum Gasteiger partial charge on any atom is -0.870 e. The molecule has 0 spiro atoms. The summed E-state index contributed by atoms with van der Waals surface area (Å²) < 4.78 is 68.2. The smallest absolute Gasteiger partial charge is 0.870 e. The maximum Gasteiger partial charge on any atom is 1.00 e. The quantitative estimate of drug-likeness (QED) is 0.0484. The average Bonchev–Trinajstić information content (AvgIpc) is 4.20. The summed E-state index contributed by atoms with van der Waals surface area (Å²) >= 11 is 0. The molecule has 4 atom stereocenters. The van der Waals surface area contributed by atoms with E-state index in [0.717, 1.165) is 13.2 Å². The number of methoxy groups -OCH3 is 3. The van der Waals surface area contributed by atoms with Crippen LogP contribution in [0.4, 0.5) is 0 Å². The Hall–Kier alpha value is -0.604. The summed E-state index contributed by atoms with van der Waals surface area (Å²) in [6, 6.07) is 15.7. The second-order valence-electron chi connectivity index (χ2n) is 15.2. The zero-order chi connectivity index (χ0) is 44.7. The van der Waals surface area contributed by atoms with Crippen LogP contribution in [0.5, 0.6) is 0 Å². The van der Waals surface area contributed by atoms with Crippen LogP contribution in [0.25, 0.3) is 0 Å². The molecule has 18 heteroatoms. The predicted molar refractivity (Wildman–Crippen MR) is 230 cm³/mol. The summed E-state index contributed by atoms with van der Waals surface area (Å²) in [6.07, 6.45) is 0. The normalized spacial score (nSPS) is 19.2. The van der Waals surface area contributed by atoms with E-state index >= 15 is 0 Å². The fourth-order valence-corrected chi connectivity index (χ4v) is 5.32. The molecule has 2 saturated heterocycles. The molecule has 4 rings (SSSR count). The Balaban J connectivity index is 0.00000115. The van der Waals surface area contributed by atoms with Crippen LogP contribution in [0.3, 0.4) is 0 Å². The Morgan fingerprint density at radius 1 is 0.492 bits per heavy atom. The molecule has 0 radical (unpaired) electrons. The van der Waals surface area contributed by atoms with Crippen molar-refractivity contribution in [3.63, 3.8) is 0 Å². The molecule has 2 aliphatic rings. The fraction of sp³-hybridized carbons (Fsp3) is 0.733. The maximum absolute atomic E-state index is 10.9. The number of rotatable bonds is 34. The summed E-state index contributed by atoms with van der Waals surface area (Å²) in [5.74, 6) is 0. The first-order valence-corrected chi connectivity index (χ1v) is 21.0. The van der Waals surface area contributed by atoms with E-state index in [1.807, 2.05) is 0 Å².